The maximum Gasteiger partial charge on any atom is 0.410 e. The Balaban J connectivity index is 0.000000170. The summed E-state index contributed by atoms with van der Waals surface area (Å²) < 4.78 is 14.2. The molecule has 7 heterocycles. The predicted octanol–water partition coefficient (Wildman–Crippen LogP) is 6.70. The number of allylic oxidation sites excluding steroid dienone is 1. The number of amides is 1. The zero-order valence-corrected chi connectivity index (χ0v) is 35.9. The summed E-state index contributed by atoms with van der Waals surface area (Å²) >= 11 is 0. The molecule has 3 aromatic heterocycles. The van der Waals surface area contributed by atoms with Crippen LogP contribution in [0.5, 0.6) is 11.5 Å². The monoisotopic (exact) mass is 823 g/mol. The summed E-state index contributed by atoms with van der Waals surface area (Å²) in [5.41, 5.74) is 8.71. The summed E-state index contributed by atoms with van der Waals surface area (Å²) in [6.07, 6.45) is 14.9. The first-order chi connectivity index (χ1) is 29.2. The van der Waals surface area contributed by atoms with Gasteiger partial charge in [-0.1, -0.05) is 6.08 Å². The van der Waals surface area contributed by atoms with E-state index in [2.05, 4.69) is 75.3 Å². The van der Waals surface area contributed by atoms with Crippen LogP contribution in [0.25, 0.3) is 39.1 Å². The Morgan fingerprint density at radius 3 is 2.44 bits per heavy atom. The summed E-state index contributed by atoms with van der Waals surface area (Å²) in [6.45, 7) is 13.9. The second-order valence-corrected chi connectivity index (χ2v) is 16.8. The lowest BCUT2D eigenvalue weighted by atomic mass is 10.0. The summed E-state index contributed by atoms with van der Waals surface area (Å²) in [7, 11) is 5.68. The number of benzene rings is 2. The van der Waals surface area contributed by atoms with Gasteiger partial charge in [-0.2, -0.15) is 5.10 Å². The molecular weight excluding hydrogens is 771 g/mol. The van der Waals surface area contributed by atoms with Crippen LogP contribution in [0.2, 0.25) is 0 Å². The van der Waals surface area contributed by atoms with Crippen molar-refractivity contribution in [3.05, 3.63) is 124 Å². The summed E-state index contributed by atoms with van der Waals surface area (Å²) in [6, 6.07) is 14.3. The molecule has 0 saturated carbocycles. The SMILES string of the molecule is COc1cc(O)ccc1-c1cc(=O)n2cc(C3=CCN(C(=O)OC(C)(C)C)CC3)ccc2n1.Cc1cc(C2=CCN3C=C(N4CCN(C)CC4)C=CC3=N2)cc2cnn(C)c12. The highest BCUT2D eigenvalue weighted by atomic mass is 16.6. The van der Waals surface area contributed by atoms with Gasteiger partial charge in [-0.3, -0.25) is 13.9 Å². The lowest BCUT2D eigenvalue weighted by molar-refractivity contribution is 0.0270. The van der Waals surface area contributed by atoms with Crippen LogP contribution in [0.15, 0.2) is 107 Å². The average molecular weight is 824 g/mol. The van der Waals surface area contributed by atoms with Gasteiger partial charge in [-0.15, -0.1) is 0 Å². The highest BCUT2D eigenvalue weighted by molar-refractivity contribution is 6.00. The number of phenols is 1. The molecule has 14 heteroatoms. The number of aliphatic imine (C=N–C) groups is 1. The van der Waals surface area contributed by atoms with E-state index in [1.54, 1.807) is 23.2 Å². The lowest BCUT2D eigenvalue weighted by Crippen LogP contribution is -2.44. The van der Waals surface area contributed by atoms with E-state index < -0.39 is 5.60 Å². The fourth-order valence-electron chi connectivity index (χ4n) is 8.01. The van der Waals surface area contributed by atoms with E-state index in [0.29, 0.717) is 42.2 Å². The normalized spacial score (nSPS) is 16.9. The number of rotatable bonds is 5. The molecule has 1 N–H and O–H groups in total. The van der Waals surface area contributed by atoms with Gasteiger partial charge >= 0.3 is 6.09 Å². The summed E-state index contributed by atoms with van der Waals surface area (Å²) in [5.74, 6) is 1.52. The van der Waals surface area contributed by atoms with Gasteiger partial charge in [0.15, 0.2) is 0 Å². The minimum Gasteiger partial charge on any atom is -0.508 e. The minimum atomic E-state index is -0.531. The van der Waals surface area contributed by atoms with Gasteiger partial charge in [-0.05, 0) is 112 Å². The highest BCUT2D eigenvalue weighted by Gasteiger charge is 2.25. The molecule has 0 radical (unpaired) electrons. The number of aromatic nitrogens is 4. The molecule has 4 aliphatic rings. The van der Waals surface area contributed by atoms with Crippen molar-refractivity contribution < 1.29 is 19.4 Å². The van der Waals surface area contributed by atoms with E-state index in [1.165, 1.54) is 46.5 Å². The van der Waals surface area contributed by atoms with Crippen LogP contribution in [0.3, 0.4) is 0 Å². The number of likely N-dealkylation sites (N-methyl/N-ethyl adjacent to an activating group) is 1. The maximum absolute atomic E-state index is 12.9. The third-order valence-electron chi connectivity index (χ3n) is 11.2. The molecule has 0 atom stereocenters. The Morgan fingerprint density at radius 1 is 0.902 bits per heavy atom. The van der Waals surface area contributed by atoms with Gasteiger partial charge in [0.2, 0.25) is 0 Å². The number of phenolic OH excluding ortho intramolecular Hbond substituents is 1. The standard InChI is InChI=1S/C25H27N3O5.C22H26N6/c1-25(2,3)33-24(31)27-11-9-16(10-12-27)17-5-8-22-26-20(14-23(30)28(22)15-17)19-7-6-18(29)13-21(19)32-4;1-16-12-17(13-18-14-23-26(3)22(16)18)20-6-7-28-15-19(4-5-21(28)24-20)27-10-8-25(2)9-11-27/h5-9,13-15,29H,10-12H2,1-4H3;4-6,12-15H,7-11H2,1-3H3. The van der Waals surface area contributed by atoms with E-state index >= 15 is 0 Å². The molecule has 4 aliphatic heterocycles. The van der Waals surface area contributed by atoms with Crippen molar-refractivity contribution in [3.8, 4) is 22.8 Å². The van der Waals surface area contributed by atoms with Crippen LogP contribution >= 0.6 is 0 Å². The van der Waals surface area contributed by atoms with Crippen molar-refractivity contribution in [2.45, 2.75) is 39.7 Å². The van der Waals surface area contributed by atoms with Crippen molar-refractivity contribution in [2.24, 2.45) is 12.0 Å². The van der Waals surface area contributed by atoms with Gasteiger partial charge in [0.05, 0.1) is 35.9 Å². The zero-order valence-electron chi connectivity index (χ0n) is 35.9. The van der Waals surface area contributed by atoms with Crippen molar-refractivity contribution in [1.82, 2.24) is 38.8 Å². The number of pyridine rings is 1. The third-order valence-corrected chi connectivity index (χ3v) is 11.2. The van der Waals surface area contributed by atoms with Crippen molar-refractivity contribution in [3.63, 3.8) is 0 Å². The first-order valence-corrected chi connectivity index (χ1v) is 20.6. The molecule has 1 fully saturated rings. The molecule has 2 aromatic carbocycles. The number of hydrogen-bond donors (Lipinski definition) is 1. The molecule has 1 saturated heterocycles. The van der Waals surface area contributed by atoms with Crippen LogP contribution in [-0.2, 0) is 11.8 Å². The molecule has 61 heavy (non-hydrogen) atoms. The largest absolute Gasteiger partial charge is 0.508 e. The van der Waals surface area contributed by atoms with Crippen molar-refractivity contribution in [1.29, 1.82) is 0 Å². The van der Waals surface area contributed by atoms with Gasteiger partial charge in [-0.25, -0.2) is 14.8 Å². The van der Waals surface area contributed by atoms with E-state index in [9.17, 15) is 14.7 Å². The first-order valence-electron chi connectivity index (χ1n) is 20.6. The molecule has 5 aromatic rings. The van der Waals surface area contributed by atoms with Crippen LogP contribution in [0.4, 0.5) is 4.79 Å². The number of methoxy groups -OCH3 is 1. The summed E-state index contributed by atoms with van der Waals surface area (Å²) in [5, 5.41) is 15.2. The number of fused-ring (bicyclic) bond motifs is 3. The molecular formula is C47H53N9O5. The fourth-order valence-corrected chi connectivity index (χ4v) is 8.01. The molecule has 316 valence electrons. The zero-order chi connectivity index (χ0) is 43.0. The number of hydrogen-bond acceptors (Lipinski definition) is 11. The Morgan fingerprint density at radius 2 is 1.70 bits per heavy atom. The van der Waals surface area contributed by atoms with Gasteiger partial charge in [0.1, 0.15) is 28.6 Å². The molecule has 0 unspecified atom stereocenters. The highest BCUT2D eigenvalue weighted by Crippen LogP contribution is 2.32. The Kier molecular flexibility index (Phi) is 11.3. The van der Waals surface area contributed by atoms with Gasteiger partial charge in [0, 0.05) is 93.9 Å². The molecule has 0 bridgehead atoms. The topological polar surface area (TPSA) is 133 Å². The van der Waals surface area contributed by atoms with E-state index in [0.717, 1.165) is 66.3 Å². The van der Waals surface area contributed by atoms with Gasteiger partial charge in [0.25, 0.3) is 5.56 Å². The van der Waals surface area contributed by atoms with Crippen molar-refractivity contribution in [2.75, 3.05) is 60.0 Å². The Labute approximate surface area is 355 Å². The molecule has 9 rings (SSSR count). The van der Waals surface area contributed by atoms with Gasteiger partial charge < -0.3 is 34.2 Å². The van der Waals surface area contributed by atoms with Crippen molar-refractivity contribution >= 4 is 39.7 Å². The number of piperazine rings is 1. The predicted molar refractivity (Wildman–Crippen MR) is 239 cm³/mol. The second kappa shape index (κ2) is 16.8. The molecule has 14 nitrogen and oxygen atoms in total. The molecule has 0 spiro atoms. The van der Waals surface area contributed by atoms with E-state index in [1.807, 2.05) is 50.8 Å². The smallest absolute Gasteiger partial charge is 0.410 e. The first kappa shape index (κ1) is 41.1. The van der Waals surface area contributed by atoms with E-state index in [-0.39, 0.29) is 17.4 Å². The second-order valence-electron chi connectivity index (χ2n) is 16.8. The summed E-state index contributed by atoms with van der Waals surface area (Å²) in [4.78, 5) is 43.5. The van der Waals surface area contributed by atoms with Crippen LogP contribution < -0.4 is 10.3 Å². The fraction of sp³-hybridized carbons (Fsp3) is 0.340. The number of aryl methyl sites for hydroxylation is 2. The average Bonchev–Trinajstić information content (AvgIpc) is 3.63. The lowest BCUT2D eigenvalue weighted by Gasteiger charge is -2.37. The molecule has 0 aliphatic carbocycles. The third kappa shape index (κ3) is 8.95. The van der Waals surface area contributed by atoms with Crippen LogP contribution in [0, 0.1) is 6.92 Å². The number of carbonyl (C=O) groups is 1. The van der Waals surface area contributed by atoms with E-state index in [4.69, 9.17) is 14.5 Å². The number of amidine groups is 1. The number of aromatic hydroxyl groups is 1. The van der Waals surface area contributed by atoms with Crippen LogP contribution in [-0.4, -0.2) is 121 Å². The Hall–Kier alpha value is -6.67. The number of ether oxygens (including phenoxy) is 2. The maximum atomic E-state index is 12.9. The minimum absolute atomic E-state index is 0.0729. The molecule has 1 amide bonds. The van der Waals surface area contributed by atoms with Crippen LogP contribution in [0.1, 0.15) is 43.9 Å². The quantitative estimate of drug-likeness (QED) is 0.204. The number of carbonyl (C=O) groups excluding carboxylic acids is 1. The Bertz CT molecular complexity index is 2730. The number of nitrogens with zero attached hydrogens (tertiary/aromatic N) is 9.